The van der Waals surface area contributed by atoms with Gasteiger partial charge in [-0.3, -0.25) is 9.59 Å². The van der Waals surface area contributed by atoms with Gasteiger partial charge in [0.15, 0.2) is 0 Å². The van der Waals surface area contributed by atoms with E-state index in [1.54, 1.807) is 10.8 Å². The van der Waals surface area contributed by atoms with Crippen molar-refractivity contribution >= 4 is 22.4 Å². The number of benzene rings is 1. The molecule has 2 aromatic rings. The molecule has 1 aromatic heterocycles. The fraction of sp³-hybridized carbons (Fsp3) is 0.583. The number of nitrogens with one attached hydrogen (secondary N) is 1. The number of hydrogen-bond donors (Lipinski definition) is 2. The normalized spacial score (nSPS) is 28.0. The van der Waals surface area contributed by atoms with E-state index >= 15 is 0 Å². The molecule has 0 radical (unpaired) electrons. The number of carbonyl (C=O) groups is 1. The first-order valence-electron chi connectivity index (χ1n) is 11.2. The van der Waals surface area contributed by atoms with E-state index in [9.17, 15) is 14.7 Å². The van der Waals surface area contributed by atoms with Crippen LogP contribution in [0, 0.1) is 17.8 Å². The lowest BCUT2D eigenvalue weighted by molar-refractivity contribution is -0.121. The van der Waals surface area contributed by atoms with Crippen molar-refractivity contribution < 1.29 is 9.90 Å². The number of hydrogen-bond acceptors (Lipinski definition) is 3. The molecule has 3 fully saturated rings. The molecule has 2 N–H and O–H groups in total. The fourth-order valence-electron chi connectivity index (χ4n) is 6.03. The molecule has 3 atom stereocenters. The van der Waals surface area contributed by atoms with Gasteiger partial charge in [0.25, 0.3) is 5.56 Å². The van der Waals surface area contributed by atoms with Crippen LogP contribution in [0.5, 0.6) is 0 Å². The zero-order chi connectivity index (χ0) is 20.0. The molecule has 1 heterocycles. The van der Waals surface area contributed by atoms with Crippen LogP contribution in [0.4, 0.5) is 5.69 Å². The Kier molecular flexibility index (Phi) is 4.73. The zero-order valence-electron chi connectivity index (χ0n) is 16.9. The van der Waals surface area contributed by atoms with Crippen LogP contribution in [0.25, 0.3) is 10.8 Å². The van der Waals surface area contributed by atoms with Gasteiger partial charge in [-0.05, 0) is 62.1 Å². The maximum atomic E-state index is 13.1. The number of amides is 1. The van der Waals surface area contributed by atoms with Gasteiger partial charge < -0.3 is 15.0 Å². The number of carbonyl (C=O) groups excluding carboxylic acids is 1. The van der Waals surface area contributed by atoms with E-state index in [1.165, 1.54) is 19.3 Å². The van der Waals surface area contributed by atoms with Crippen molar-refractivity contribution in [3.63, 3.8) is 0 Å². The van der Waals surface area contributed by atoms with Gasteiger partial charge in [0.05, 0.1) is 12.1 Å². The van der Waals surface area contributed by atoms with Gasteiger partial charge in [0, 0.05) is 28.6 Å². The van der Waals surface area contributed by atoms with Gasteiger partial charge in [-0.2, -0.15) is 0 Å². The molecule has 3 aliphatic rings. The number of fused-ring (bicyclic) bond motifs is 3. The molecule has 0 aliphatic heterocycles. The first-order chi connectivity index (χ1) is 14.0. The van der Waals surface area contributed by atoms with Gasteiger partial charge in [-0.25, -0.2) is 0 Å². The Balaban J connectivity index is 1.40. The maximum absolute atomic E-state index is 13.1. The molecule has 3 saturated carbocycles. The second-order valence-corrected chi connectivity index (χ2v) is 9.57. The molecule has 29 heavy (non-hydrogen) atoms. The van der Waals surface area contributed by atoms with Crippen LogP contribution in [0.2, 0.25) is 0 Å². The van der Waals surface area contributed by atoms with Crippen molar-refractivity contribution in [3.05, 3.63) is 40.8 Å². The third-order valence-electron chi connectivity index (χ3n) is 7.60. The van der Waals surface area contributed by atoms with Crippen LogP contribution in [-0.2, 0) is 11.3 Å². The molecule has 0 saturated heterocycles. The van der Waals surface area contributed by atoms with Crippen LogP contribution in [-0.4, -0.2) is 21.2 Å². The van der Waals surface area contributed by atoms with E-state index in [1.807, 2.05) is 24.3 Å². The predicted octanol–water partition coefficient (Wildman–Crippen LogP) is 4.07. The summed E-state index contributed by atoms with van der Waals surface area (Å²) in [6.45, 7) is 0.337. The highest BCUT2D eigenvalue weighted by Gasteiger charge is 2.43. The van der Waals surface area contributed by atoms with Gasteiger partial charge in [-0.15, -0.1) is 0 Å². The van der Waals surface area contributed by atoms with Crippen LogP contribution < -0.4 is 10.9 Å². The Morgan fingerprint density at radius 3 is 2.66 bits per heavy atom. The standard InChI is InChI=1S/C24H30N2O3/c27-22(20-14-16-7-8-17(20)13-16)25-21-6-4-5-19-18(21)9-12-26(23(19)28)15-24(29)10-2-1-3-11-24/h4-6,9,12,16-17,20,29H,1-3,7-8,10-11,13-15H2,(H,25,27)/t16-,17+,20?/m0/s1. The summed E-state index contributed by atoms with van der Waals surface area (Å²) in [6, 6.07) is 7.43. The molecular formula is C24H30N2O3. The lowest BCUT2D eigenvalue weighted by Crippen LogP contribution is -2.39. The number of pyridine rings is 1. The second kappa shape index (κ2) is 7.28. The molecule has 1 aromatic carbocycles. The third-order valence-corrected chi connectivity index (χ3v) is 7.60. The molecule has 5 nitrogen and oxygen atoms in total. The number of nitrogens with zero attached hydrogens (tertiary/aromatic N) is 1. The number of rotatable bonds is 4. The lowest BCUT2D eigenvalue weighted by atomic mass is 9.85. The molecule has 3 aliphatic carbocycles. The minimum Gasteiger partial charge on any atom is -0.388 e. The van der Waals surface area contributed by atoms with Gasteiger partial charge in [0.2, 0.25) is 5.91 Å². The van der Waals surface area contributed by atoms with Crippen LogP contribution in [0.1, 0.15) is 57.8 Å². The molecule has 0 spiro atoms. The second-order valence-electron chi connectivity index (χ2n) is 9.57. The number of aromatic nitrogens is 1. The Morgan fingerprint density at radius 2 is 1.93 bits per heavy atom. The SMILES string of the molecule is O=C(Nc1cccc2c(=O)n(CC3(O)CCCCC3)ccc12)C1C[C@H]2CC[C@@H]1C2. The Labute approximate surface area is 171 Å². The first kappa shape index (κ1) is 18.9. The third kappa shape index (κ3) is 3.50. The highest BCUT2D eigenvalue weighted by Crippen LogP contribution is 2.48. The molecule has 5 rings (SSSR count). The Morgan fingerprint density at radius 1 is 1.10 bits per heavy atom. The summed E-state index contributed by atoms with van der Waals surface area (Å²) in [7, 11) is 0. The molecule has 5 heteroatoms. The molecule has 154 valence electrons. The van der Waals surface area contributed by atoms with Crippen molar-refractivity contribution in [2.24, 2.45) is 17.8 Å². The minimum atomic E-state index is -0.788. The molecule has 1 unspecified atom stereocenters. The highest BCUT2D eigenvalue weighted by molar-refractivity contribution is 6.02. The van der Waals surface area contributed by atoms with Crippen molar-refractivity contribution in [2.45, 2.75) is 69.9 Å². The average Bonchev–Trinajstić information content (AvgIpc) is 3.35. The van der Waals surface area contributed by atoms with E-state index in [0.717, 1.165) is 55.5 Å². The lowest BCUT2D eigenvalue weighted by Gasteiger charge is -2.32. The summed E-state index contributed by atoms with van der Waals surface area (Å²) in [5.74, 6) is 1.47. The summed E-state index contributed by atoms with van der Waals surface area (Å²) in [5.41, 5.74) is -0.169. The minimum absolute atomic E-state index is 0.0995. The maximum Gasteiger partial charge on any atom is 0.258 e. The summed E-state index contributed by atoms with van der Waals surface area (Å²) in [6.07, 6.45) is 11.1. The highest BCUT2D eigenvalue weighted by atomic mass is 16.3. The van der Waals surface area contributed by atoms with Crippen LogP contribution in [0.3, 0.4) is 0 Å². The van der Waals surface area contributed by atoms with Crippen LogP contribution >= 0.6 is 0 Å². The summed E-state index contributed by atoms with van der Waals surface area (Å²) >= 11 is 0. The van der Waals surface area contributed by atoms with Crippen molar-refractivity contribution in [1.29, 1.82) is 0 Å². The largest absolute Gasteiger partial charge is 0.388 e. The monoisotopic (exact) mass is 394 g/mol. The predicted molar refractivity (Wildman–Crippen MR) is 114 cm³/mol. The van der Waals surface area contributed by atoms with E-state index in [-0.39, 0.29) is 17.4 Å². The van der Waals surface area contributed by atoms with E-state index in [2.05, 4.69) is 5.32 Å². The number of aliphatic hydroxyl groups is 1. The summed E-state index contributed by atoms with van der Waals surface area (Å²) in [4.78, 5) is 26.0. The summed E-state index contributed by atoms with van der Waals surface area (Å²) < 4.78 is 1.63. The fourth-order valence-corrected chi connectivity index (χ4v) is 6.03. The van der Waals surface area contributed by atoms with E-state index in [4.69, 9.17) is 0 Å². The Hall–Kier alpha value is -2.14. The van der Waals surface area contributed by atoms with Crippen LogP contribution in [0.15, 0.2) is 35.3 Å². The zero-order valence-corrected chi connectivity index (χ0v) is 16.9. The van der Waals surface area contributed by atoms with E-state index in [0.29, 0.717) is 17.8 Å². The van der Waals surface area contributed by atoms with Gasteiger partial charge >= 0.3 is 0 Å². The van der Waals surface area contributed by atoms with Crippen molar-refractivity contribution in [3.8, 4) is 0 Å². The first-order valence-corrected chi connectivity index (χ1v) is 11.2. The average molecular weight is 395 g/mol. The van der Waals surface area contributed by atoms with Gasteiger partial charge in [0.1, 0.15) is 0 Å². The van der Waals surface area contributed by atoms with Gasteiger partial charge in [-0.1, -0.05) is 31.7 Å². The number of anilines is 1. The smallest absolute Gasteiger partial charge is 0.258 e. The quantitative estimate of drug-likeness (QED) is 0.821. The molecule has 1 amide bonds. The Bertz CT molecular complexity index is 989. The van der Waals surface area contributed by atoms with Crippen molar-refractivity contribution in [2.75, 3.05) is 5.32 Å². The molecule has 2 bridgehead atoms. The molecular weight excluding hydrogens is 364 g/mol. The summed E-state index contributed by atoms with van der Waals surface area (Å²) in [5, 5.41) is 15.3. The topological polar surface area (TPSA) is 71.3 Å². The van der Waals surface area contributed by atoms with E-state index < -0.39 is 5.60 Å². The van der Waals surface area contributed by atoms with Crippen molar-refractivity contribution in [1.82, 2.24) is 4.57 Å².